The number of likely N-dealkylation sites (N-methyl/N-ethyl adjacent to an activating group) is 1. The Kier molecular flexibility index (Phi) is 6.40. The van der Waals surface area contributed by atoms with Crippen LogP contribution in [0.4, 0.5) is 5.69 Å². The van der Waals surface area contributed by atoms with Crippen LogP contribution in [0.25, 0.3) is 0 Å². The zero-order valence-electron chi connectivity index (χ0n) is 10.1. The molecule has 0 aliphatic carbocycles. The molecule has 1 aromatic carbocycles. The Morgan fingerprint density at radius 1 is 1.41 bits per heavy atom. The summed E-state index contributed by atoms with van der Waals surface area (Å²) in [5.41, 5.74) is 0.776. The lowest BCUT2D eigenvalue weighted by Gasteiger charge is -2.15. The lowest BCUT2D eigenvalue weighted by atomic mass is 10.3. The molecule has 1 rings (SSSR count). The largest absolute Gasteiger partial charge is 0.325 e. The molecule has 0 aliphatic heterocycles. The molecule has 0 aliphatic rings. The number of thioether (sulfide) groups is 1. The fraction of sp³-hybridized carbons (Fsp3) is 0.417. The number of anilines is 1. The van der Waals surface area contributed by atoms with Gasteiger partial charge in [-0.05, 0) is 37.6 Å². The van der Waals surface area contributed by atoms with Gasteiger partial charge >= 0.3 is 0 Å². The van der Waals surface area contributed by atoms with Gasteiger partial charge in [-0.25, -0.2) is 0 Å². The number of benzene rings is 1. The van der Waals surface area contributed by atoms with Crippen LogP contribution >= 0.6 is 23.4 Å². The van der Waals surface area contributed by atoms with E-state index in [0.717, 1.165) is 18.0 Å². The van der Waals surface area contributed by atoms with Crippen molar-refractivity contribution in [3.05, 3.63) is 29.3 Å². The van der Waals surface area contributed by atoms with E-state index in [1.54, 1.807) is 36.0 Å². The number of hydrogen-bond acceptors (Lipinski definition) is 3. The van der Waals surface area contributed by atoms with Crippen LogP contribution in [0.2, 0.25) is 5.02 Å². The molecule has 0 heterocycles. The summed E-state index contributed by atoms with van der Waals surface area (Å²) in [6.45, 7) is 1.32. The molecule has 17 heavy (non-hydrogen) atoms. The fourth-order valence-corrected chi connectivity index (χ4v) is 1.93. The third-order valence-electron chi connectivity index (χ3n) is 2.22. The van der Waals surface area contributed by atoms with Crippen molar-refractivity contribution in [2.75, 3.05) is 37.5 Å². The van der Waals surface area contributed by atoms with Crippen molar-refractivity contribution in [2.24, 2.45) is 0 Å². The average Bonchev–Trinajstić information content (AvgIpc) is 2.29. The van der Waals surface area contributed by atoms with Crippen LogP contribution in [0.3, 0.4) is 0 Å². The predicted molar refractivity (Wildman–Crippen MR) is 76.0 cm³/mol. The van der Waals surface area contributed by atoms with Crippen LogP contribution in [-0.4, -0.2) is 43.0 Å². The van der Waals surface area contributed by atoms with Gasteiger partial charge in [0.05, 0.1) is 6.54 Å². The molecule has 0 bridgehead atoms. The predicted octanol–water partition coefficient (Wildman–Crippen LogP) is 2.57. The minimum Gasteiger partial charge on any atom is -0.325 e. The maximum absolute atomic E-state index is 11.7. The summed E-state index contributed by atoms with van der Waals surface area (Å²) in [5, 5.41) is 3.50. The molecule has 0 radical (unpaired) electrons. The van der Waals surface area contributed by atoms with Gasteiger partial charge in [-0.1, -0.05) is 11.6 Å². The summed E-state index contributed by atoms with van der Waals surface area (Å²) >= 11 is 7.54. The molecule has 1 N–H and O–H groups in total. The van der Waals surface area contributed by atoms with E-state index < -0.39 is 0 Å². The highest BCUT2D eigenvalue weighted by atomic mass is 35.5. The molecule has 0 atom stereocenters. The van der Waals surface area contributed by atoms with Crippen molar-refractivity contribution in [1.29, 1.82) is 0 Å². The molecule has 1 amide bonds. The van der Waals surface area contributed by atoms with Crippen molar-refractivity contribution >= 4 is 35.0 Å². The molecule has 5 heteroatoms. The maximum atomic E-state index is 11.7. The number of nitrogens with zero attached hydrogens (tertiary/aromatic N) is 1. The molecular formula is C12H17ClN2OS. The normalized spacial score (nSPS) is 10.6. The second-order valence-electron chi connectivity index (χ2n) is 3.79. The van der Waals surface area contributed by atoms with Crippen LogP contribution < -0.4 is 5.32 Å². The molecule has 0 aromatic heterocycles. The quantitative estimate of drug-likeness (QED) is 0.864. The number of nitrogens with one attached hydrogen (secondary N) is 1. The lowest BCUT2D eigenvalue weighted by Crippen LogP contribution is -2.31. The topological polar surface area (TPSA) is 32.3 Å². The van der Waals surface area contributed by atoms with Gasteiger partial charge in [0.25, 0.3) is 0 Å². The van der Waals surface area contributed by atoms with Gasteiger partial charge in [0, 0.05) is 23.0 Å². The summed E-state index contributed by atoms with van der Waals surface area (Å²) in [4.78, 5) is 13.7. The highest BCUT2D eigenvalue weighted by molar-refractivity contribution is 7.98. The first-order valence-electron chi connectivity index (χ1n) is 5.34. The van der Waals surface area contributed by atoms with E-state index in [-0.39, 0.29) is 5.91 Å². The minimum atomic E-state index is -0.00377. The summed E-state index contributed by atoms with van der Waals surface area (Å²) in [7, 11) is 1.94. The van der Waals surface area contributed by atoms with E-state index in [1.165, 1.54) is 0 Å². The van der Waals surface area contributed by atoms with Crippen LogP contribution in [0, 0.1) is 0 Å². The number of amides is 1. The summed E-state index contributed by atoms with van der Waals surface area (Å²) in [5.74, 6) is 1.03. The molecule has 0 fully saturated rings. The number of carbonyl (C=O) groups is 1. The van der Waals surface area contributed by atoms with Gasteiger partial charge in [-0.3, -0.25) is 9.69 Å². The van der Waals surface area contributed by atoms with Gasteiger partial charge in [0.2, 0.25) is 5.91 Å². The molecule has 3 nitrogen and oxygen atoms in total. The van der Waals surface area contributed by atoms with Gasteiger partial charge in [-0.15, -0.1) is 0 Å². The Hall–Kier alpha value is -0.710. The number of halogens is 1. The zero-order valence-corrected chi connectivity index (χ0v) is 11.6. The highest BCUT2D eigenvalue weighted by Gasteiger charge is 2.06. The molecule has 0 saturated heterocycles. The van der Waals surface area contributed by atoms with E-state index in [0.29, 0.717) is 11.6 Å². The SMILES string of the molecule is CSCCN(C)CC(=O)Nc1ccc(Cl)cc1. The summed E-state index contributed by atoms with van der Waals surface area (Å²) < 4.78 is 0. The van der Waals surface area contributed by atoms with Gasteiger partial charge < -0.3 is 5.32 Å². The smallest absolute Gasteiger partial charge is 0.238 e. The Balaban J connectivity index is 2.36. The van der Waals surface area contributed by atoms with Crippen LogP contribution in [0.5, 0.6) is 0 Å². The van der Waals surface area contributed by atoms with Crippen LogP contribution in [0.15, 0.2) is 24.3 Å². The van der Waals surface area contributed by atoms with Gasteiger partial charge in [0.15, 0.2) is 0 Å². The average molecular weight is 273 g/mol. The van der Waals surface area contributed by atoms with Crippen molar-refractivity contribution < 1.29 is 4.79 Å². The summed E-state index contributed by atoms with van der Waals surface area (Å²) in [6.07, 6.45) is 2.06. The first-order chi connectivity index (χ1) is 8.11. The monoisotopic (exact) mass is 272 g/mol. The van der Waals surface area contributed by atoms with Crippen molar-refractivity contribution in [3.63, 3.8) is 0 Å². The van der Waals surface area contributed by atoms with E-state index in [4.69, 9.17) is 11.6 Å². The third kappa shape index (κ3) is 5.96. The van der Waals surface area contributed by atoms with Crippen LogP contribution in [0.1, 0.15) is 0 Å². The molecule has 0 spiro atoms. The molecule has 94 valence electrons. The molecule has 0 unspecified atom stereocenters. The van der Waals surface area contributed by atoms with E-state index in [9.17, 15) is 4.79 Å². The molecule has 1 aromatic rings. The van der Waals surface area contributed by atoms with Crippen LogP contribution in [-0.2, 0) is 4.79 Å². The second kappa shape index (κ2) is 7.58. The first-order valence-corrected chi connectivity index (χ1v) is 7.12. The van der Waals surface area contributed by atoms with Crippen molar-refractivity contribution in [2.45, 2.75) is 0 Å². The third-order valence-corrected chi connectivity index (χ3v) is 3.06. The van der Waals surface area contributed by atoms with Crippen molar-refractivity contribution in [1.82, 2.24) is 4.90 Å². The Bertz CT molecular complexity index is 356. The number of carbonyl (C=O) groups excluding carboxylic acids is 1. The summed E-state index contributed by atoms with van der Waals surface area (Å²) in [6, 6.07) is 7.10. The first kappa shape index (κ1) is 14.4. The zero-order chi connectivity index (χ0) is 12.7. The minimum absolute atomic E-state index is 0.00377. The van der Waals surface area contributed by atoms with Gasteiger partial charge in [0.1, 0.15) is 0 Å². The number of rotatable bonds is 6. The van der Waals surface area contributed by atoms with Crippen molar-refractivity contribution in [3.8, 4) is 0 Å². The fourth-order valence-electron chi connectivity index (χ4n) is 1.31. The highest BCUT2D eigenvalue weighted by Crippen LogP contribution is 2.13. The Morgan fingerprint density at radius 2 is 2.06 bits per heavy atom. The second-order valence-corrected chi connectivity index (χ2v) is 5.21. The van der Waals surface area contributed by atoms with E-state index >= 15 is 0 Å². The molecule has 0 saturated carbocycles. The van der Waals surface area contributed by atoms with E-state index in [2.05, 4.69) is 11.6 Å². The Labute approximate surface area is 112 Å². The standard InChI is InChI=1S/C12H17ClN2OS/c1-15(7-8-17-2)9-12(16)14-11-5-3-10(13)4-6-11/h3-6H,7-9H2,1-2H3,(H,14,16). The van der Waals surface area contributed by atoms with E-state index in [1.807, 2.05) is 11.9 Å². The lowest BCUT2D eigenvalue weighted by molar-refractivity contribution is -0.117. The number of hydrogen-bond donors (Lipinski definition) is 1. The van der Waals surface area contributed by atoms with Gasteiger partial charge in [-0.2, -0.15) is 11.8 Å². The Morgan fingerprint density at radius 3 is 2.65 bits per heavy atom. The maximum Gasteiger partial charge on any atom is 0.238 e. The molecular weight excluding hydrogens is 256 g/mol.